The number of hydrogen-bond acceptors (Lipinski definition) is 5. The molecule has 7 heteroatoms. The average molecular weight is 444 g/mol. The van der Waals surface area contributed by atoms with Crippen LogP contribution in [-0.4, -0.2) is 29.9 Å². The second-order valence-electron chi connectivity index (χ2n) is 4.87. The largest absolute Gasteiger partial charge is 0.465 e. The van der Waals surface area contributed by atoms with E-state index in [1.807, 2.05) is 0 Å². The number of Topliss-reactive ketones (excluding diaryl/α,β-unsaturated/α-hetero) is 3. The zero-order valence-electron chi connectivity index (χ0n) is 12.3. The lowest BCUT2D eigenvalue weighted by Gasteiger charge is -2.23. The molecule has 120 valence electrons. The third-order valence-corrected chi connectivity index (χ3v) is 4.66. The van der Waals surface area contributed by atoms with Crippen molar-refractivity contribution in [3.63, 3.8) is 0 Å². The fraction of sp³-hybridized carbons (Fsp3) is 0.250. The summed E-state index contributed by atoms with van der Waals surface area (Å²) in [6.45, 7) is 2.97. The Hall–Kier alpha value is -1.60. The molecule has 0 N–H and O–H groups in total. The van der Waals surface area contributed by atoms with Gasteiger partial charge in [-0.1, -0.05) is 15.9 Å². The van der Waals surface area contributed by atoms with E-state index in [0.717, 1.165) is 0 Å². The van der Waals surface area contributed by atoms with Crippen LogP contribution in [0.3, 0.4) is 0 Å². The molecule has 0 radical (unpaired) electrons. The predicted molar refractivity (Wildman–Crippen MR) is 90.1 cm³/mol. The van der Waals surface area contributed by atoms with Gasteiger partial charge >= 0.3 is 5.97 Å². The number of benzene rings is 1. The van der Waals surface area contributed by atoms with Crippen molar-refractivity contribution < 1.29 is 23.9 Å². The molecule has 1 aliphatic carbocycles. The van der Waals surface area contributed by atoms with Gasteiger partial charge in [0.25, 0.3) is 0 Å². The lowest BCUT2D eigenvalue weighted by atomic mass is 9.81. The summed E-state index contributed by atoms with van der Waals surface area (Å²) in [5.74, 6) is -3.96. The monoisotopic (exact) mass is 442 g/mol. The molecule has 0 heterocycles. The van der Waals surface area contributed by atoms with Crippen LogP contribution in [0.5, 0.6) is 0 Å². The Balaban J connectivity index is 2.74. The summed E-state index contributed by atoms with van der Waals surface area (Å²) in [6, 6.07) is 4.71. The van der Waals surface area contributed by atoms with Crippen molar-refractivity contribution in [2.24, 2.45) is 5.92 Å². The number of carbonyl (C=O) groups is 4. The van der Waals surface area contributed by atoms with E-state index in [1.54, 1.807) is 19.1 Å². The van der Waals surface area contributed by atoms with Gasteiger partial charge in [-0.05, 0) is 59.1 Å². The van der Waals surface area contributed by atoms with Crippen LogP contribution in [0.4, 0.5) is 0 Å². The SMILES string of the molecule is CCOC(=O)[C@@H](C(C)=O)C1=C(Br)C(=O)C(=O)c2ccc(Br)cc21. The van der Waals surface area contributed by atoms with Crippen molar-refractivity contribution in [3.8, 4) is 0 Å². The summed E-state index contributed by atoms with van der Waals surface area (Å²) >= 11 is 6.37. The van der Waals surface area contributed by atoms with E-state index >= 15 is 0 Å². The number of carbonyl (C=O) groups excluding carboxylic acids is 4. The van der Waals surface area contributed by atoms with Crippen molar-refractivity contribution in [2.45, 2.75) is 13.8 Å². The van der Waals surface area contributed by atoms with Crippen molar-refractivity contribution in [1.82, 2.24) is 0 Å². The zero-order valence-corrected chi connectivity index (χ0v) is 15.5. The molecular formula is C16H12Br2O5. The molecule has 0 bridgehead atoms. The van der Waals surface area contributed by atoms with Gasteiger partial charge in [0.05, 0.1) is 11.1 Å². The molecule has 0 fully saturated rings. The maximum Gasteiger partial charge on any atom is 0.321 e. The summed E-state index contributed by atoms with van der Waals surface area (Å²) in [5, 5.41) is 0. The lowest BCUT2D eigenvalue weighted by Crippen LogP contribution is -2.31. The number of halogens is 2. The molecule has 0 amide bonds. The van der Waals surface area contributed by atoms with Crippen molar-refractivity contribution in [3.05, 3.63) is 38.3 Å². The van der Waals surface area contributed by atoms with E-state index in [9.17, 15) is 19.2 Å². The lowest BCUT2D eigenvalue weighted by molar-refractivity contribution is -0.148. The van der Waals surface area contributed by atoms with Gasteiger partial charge in [0.1, 0.15) is 11.7 Å². The number of hydrogen-bond donors (Lipinski definition) is 0. The standard InChI is InChI=1S/C16H12Br2O5/c1-3-23-16(22)11(7(2)19)12-10-6-8(17)4-5-9(10)14(20)15(21)13(12)18/h4-6,11H,3H2,1-2H3/t11-/m0/s1. The molecule has 23 heavy (non-hydrogen) atoms. The Kier molecular flexibility index (Phi) is 5.31. The maximum atomic E-state index is 12.2. The van der Waals surface area contributed by atoms with Crippen LogP contribution in [0.1, 0.15) is 29.8 Å². The molecule has 0 spiro atoms. The van der Waals surface area contributed by atoms with Crippen LogP contribution in [0, 0.1) is 5.92 Å². The number of ether oxygens (including phenoxy) is 1. The maximum absolute atomic E-state index is 12.2. The summed E-state index contributed by atoms with van der Waals surface area (Å²) in [4.78, 5) is 48.5. The molecule has 0 aromatic heterocycles. The quantitative estimate of drug-likeness (QED) is 0.406. The van der Waals surface area contributed by atoms with Gasteiger partial charge in [-0.3, -0.25) is 19.2 Å². The van der Waals surface area contributed by atoms with Gasteiger partial charge in [-0.25, -0.2) is 0 Å². The van der Waals surface area contributed by atoms with Crippen molar-refractivity contribution in [1.29, 1.82) is 0 Å². The van der Waals surface area contributed by atoms with E-state index in [2.05, 4.69) is 31.9 Å². The zero-order chi connectivity index (χ0) is 17.3. The minimum Gasteiger partial charge on any atom is -0.465 e. The molecule has 1 atom stereocenters. The van der Waals surface area contributed by atoms with Gasteiger partial charge in [0, 0.05) is 10.0 Å². The van der Waals surface area contributed by atoms with Gasteiger partial charge in [-0.2, -0.15) is 0 Å². The number of esters is 1. The number of ketones is 3. The van der Waals surface area contributed by atoms with E-state index in [1.165, 1.54) is 13.0 Å². The average Bonchev–Trinajstić information content (AvgIpc) is 2.48. The minimum absolute atomic E-state index is 0.0821. The Morgan fingerprint density at radius 2 is 1.78 bits per heavy atom. The predicted octanol–water partition coefficient (Wildman–Crippen LogP) is 3.09. The molecular weight excluding hydrogens is 432 g/mol. The summed E-state index contributed by atoms with van der Waals surface area (Å²) < 4.78 is 5.52. The molecule has 0 saturated heterocycles. The number of fused-ring (bicyclic) bond motifs is 1. The van der Waals surface area contributed by atoms with Gasteiger partial charge < -0.3 is 4.74 Å². The summed E-state index contributed by atoms with van der Waals surface area (Å²) in [6.07, 6.45) is 0. The van der Waals surface area contributed by atoms with Gasteiger partial charge in [-0.15, -0.1) is 0 Å². The smallest absolute Gasteiger partial charge is 0.321 e. The van der Waals surface area contributed by atoms with E-state index in [4.69, 9.17) is 4.74 Å². The molecule has 0 saturated carbocycles. The van der Waals surface area contributed by atoms with Gasteiger partial charge in [0.2, 0.25) is 11.6 Å². The Morgan fingerprint density at radius 1 is 1.13 bits per heavy atom. The fourth-order valence-electron chi connectivity index (χ4n) is 2.39. The van der Waals surface area contributed by atoms with E-state index in [-0.39, 0.29) is 22.2 Å². The first-order chi connectivity index (χ1) is 10.8. The topological polar surface area (TPSA) is 77.5 Å². The Bertz CT molecular complexity index is 764. The second-order valence-corrected chi connectivity index (χ2v) is 6.58. The molecule has 1 aliphatic rings. The second kappa shape index (κ2) is 6.88. The highest BCUT2D eigenvalue weighted by Gasteiger charge is 2.40. The first-order valence-corrected chi connectivity index (χ1v) is 8.33. The highest BCUT2D eigenvalue weighted by atomic mass is 79.9. The normalized spacial score (nSPS) is 15.3. The number of rotatable bonds is 4. The molecule has 1 aromatic rings. The number of allylic oxidation sites excluding steroid dienone is 1. The minimum atomic E-state index is -1.27. The van der Waals surface area contributed by atoms with Crippen LogP contribution in [0.25, 0.3) is 5.57 Å². The first-order valence-electron chi connectivity index (χ1n) is 6.75. The highest BCUT2D eigenvalue weighted by Crippen LogP contribution is 2.39. The van der Waals surface area contributed by atoms with Crippen LogP contribution in [0.2, 0.25) is 0 Å². The van der Waals surface area contributed by atoms with Crippen LogP contribution < -0.4 is 0 Å². The van der Waals surface area contributed by atoms with Gasteiger partial charge in [0.15, 0.2) is 0 Å². The van der Waals surface area contributed by atoms with E-state index in [0.29, 0.717) is 10.0 Å². The Labute approximate surface area is 149 Å². The van der Waals surface area contributed by atoms with Crippen LogP contribution in [0.15, 0.2) is 27.2 Å². The van der Waals surface area contributed by atoms with E-state index < -0.39 is 29.2 Å². The Morgan fingerprint density at radius 3 is 2.35 bits per heavy atom. The van der Waals surface area contributed by atoms with Crippen LogP contribution in [-0.2, 0) is 19.1 Å². The molecule has 0 unspecified atom stereocenters. The molecule has 1 aromatic carbocycles. The summed E-state index contributed by atoms with van der Waals surface area (Å²) in [5.41, 5.74) is 0.688. The fourth-order valence-corrected chi connectivity index (χ4v) is 3.38. The van der Waals surface area contributed by atoms with Crippen molar-refractivity contribution >= 4 is 60.8 Å². The molecule has 2 rings (SSSR count). The highest BCUT2D eigenvalue weighted by molar-refractivity contribution is 9.12. The molecule has 5 nitrogen and oxygen atoms in total. The summed E-state index contributed by atoms with van der Waals surface area (Å²) in [7, 11) is 0. The molecule has 0 aliphatic heterocycles. The van der Waals surface area contributed by atoms with Crippen LogP contribution >= 0.6 is 31.9 Å². The third-order valence-electron chi connectivity index (χ3n) is 3.38. The first kappa shape index (κ1) is 17.7. The van der Waals surface area contributed by atoms with Crippen molar-refractivity contribution in [2.75, 3.05) is 6.61 Å². The third kappa shape index (κ3) is 3.21.